The smallest absolute Gasteiger partial charge is 0.00201 e. The predicted octanol–water partition coefficient (Wildman–Crippen LogP) is 2.78. The van der Waals surface area contributed by atoms with Gasteiger partial charge in [0.1, 0.15) is 0 Å². The maximum Gasteiger partial charge on any atom is 0.00201 e. The van der Waals surface area contributed by atoms with Crippen LogP contribution in [0.4, 0.5) is 0 Å². The molecule has 1 aliphatic carbocycles. The number of hydrogen-bond donors (Lipinski definition) is 2. The molecular weight excluding hydrogens is 196 g/mol. The Balaban J connectivity index is 2.23. The molecule has 1 fully saturated rings. The highest BCUT2D eigenvalue weighted by molar-refractivity contribution is 4.91. The van der Waals surface area contributed by atoms with Gasteiger partial charge in [-0.05, 0) is 42.6 Å². The summed E-state index contributed by atoms with van der Waals surface area (Å²) in [5, 5.41) is 3.64. The summed E-state index contributed by atoms with van der Waals surface area (Å²) in [5.41, 5.74) is 6.71. The maximum absolute atomic E-state index is 5.86. The van der Waals surface area contributed by atoms with Gasteiger partial charge in [-0.2, -0.15) is 0 Å². The molecule has 2 heteroatoms. The molecule has 0 aromatic heterocycles. The zero-order valence-corrected chi connectivity index (χ0v) is 11.6. The van der Waals surface area contributed by atoms with E-state index in [0.29, 0.717) is 10.8 Å². The van der Waals surface area contributed by atoms with Gasteiger partial charge in [-0.25, -0.2) is 0 Å². The molecule has 3 N–H and O–H groups in total. The van der Waals surface area contributed by atoms with E-state index < -0.39 is 0 Å². The minimum Gasteiger partial charge on any atom is -0.330 e. The van der Waals surface area contributed by atoms with Gasteiger partial charge in [0, 0.05) is 13.1 Å². The molecule has 2 nitrogen and oxygen atoms in total. The van der Waals surface area contributed by atoms with Crippen LogP contribution < -0.4 is 11.1 Å². The zero-order valence-electron chi connectivity index (χ0n) is 11.6. The van der Waals surface area contributed by atoms with Crippen molar-refractivity contribution in [2.75, 3.05) is 19.6 Å². The van der Waals surface area contributed by atoms with E-state index in [-0.39, 0.29) is 0 Å². The van der Waals surface area contributed by atoms with Gasteiger partial charge in [0.05, 0.1) is 0 Å². The molecule has 0 heterocycles. The number of rotatable bonds is 7. The van der Waals surface area contributed by atoms with Gasteiger partial charge < -0.3 is 11.1 Å². The van der Waals surface area contributed by atoms with Crippen LogP contribution >= 0.6 is 0 Å². The average Bonchev–Trinajstić information content (AvgIpc) is 2.07. The van der Waals surface area contributed by atoms with Crippen LogP contribution in [0.1, 0.15) is 53.4 Å². The van der Waals surface area contributed by atoms with E-state index in [1.165, 1.54) is 25.7 Å². The van der Waals surface area contributed by atoms with Gasteiger partial charge in [0.15, 0.2) is 0 Å². The van der Waals surface area contributed by atoms with Crippen molar-refractivity contribution in [1.29, 1.82) is 0 Å². The molecule has 0 bridgehead atoms. The molecule has 0 spiro atoms. The third kappa shape index (κ3) is 4.06. The van der Waals surface area contributed by atoms with Gasteiger partial charge in [0.2, 0.25) is 0 Å². The van der Waals surface area contributed by atoms with Crippen molar-refractivity contribution in [1.82, 2.24) is 5.32 Å². The standard InChI is InChI=1S/C14H30N2/c1-12(2)8-13(3,4)10-16-11-14(9-15)6-5-7-14/h12,16H,5-11,15H2,1-4H3. The average molecular weight is 226 g/mol. The lowest BCUT2D eigenvalue weighted by Gasteiger charge is -2.42. The van der Waals surface area contributed by atoms with Gasteiger partial charge >= 0.3 is 0 Å². The normalized spacial score (nSPS) is 19.9. The maximum atomic E-state index is 5.86. The third-order valence-electron chi connectivity index (χ3n) is 3.91. The first-order valence-corrected chi connectivity index (χ1v) is 6.80. The predicted molar refractivity (Wildman–Crippen MR) is 71.4 cm³/mol. The van der Waals surface area contributed by atoms with Gasteiger partial charge in [-0.3, -0.25) is 0 Å². The molecule has 96 valence electrons. The second kappa shape index (κ2) is 5.50. The fourth-order valence-electron chi connectivity index (χ4n) is 2.97. The first-order valence-electron chi connectivity index (χ1n) is 6.80. The molecular formula is C14H30N2. The Bertz CT molecular complexity index is 199. The first-order chi connectivity index (χ1) is 7.39. The van der Waals surface area contributed by atoms with Gasteiger partial charge in [-0.15, -0.1) is 0 Å². The van der Waals surface area contributed by atoms with E-state index in [1.54, 1.807) is 0 Å². The summed E-state index contributed by atoms with van der Waals surface area (Å²) in [7, 11) is 0. The summed E-state index contributed by atoms with van der Waals surface area (Å²) < 4.78 is 0. The van der Waals surface area contributed by atoms with E-state index in [4.69, 9.17) is 5.73 Å². The van der Waals surface area contributed by atoms with Crippen molar-refractivity contribution in [3.05, 3.63) is 0 Å². The van der Waals surface area contributed by atoms with Crippen LogP contribution in [0.3, 0.4) is 0 Å². The van der Waals surface area contributed by atoms with Gasteiger partial charge in [0.25, 0.3) is 0 Å². The highest BCUT2D eigenvalue weighted by Gasteiger charge is 2.35. The lowest BCUT2D eigenvalue weighted by Crippen LogP contribution is -2.47. The van der Waals surface area contributed by atoms with E-state index in [2.05, 4.69) is 33.0 Å². The number of nitrogens with two attached hydrogens (primary N) is 1. The van der Waals surface area contributed by atoms with E-state index >= 15 is 0 Å². The van der Waals surface area contributed by atoms with E-state index in [0.717, 1.165) is 25.6 Å². The molecule has 0 saturated heterocycles. The molecule has 1 saturated carbocycles. The molecule has 0 aromatic rings. The summed E-state index contributed by atoms with van der Waals surface area (Å²) in [4.78, 5) is 0. The van der Waals surface area contributed by atoms with Crippen molar-refractivity contribution in [2.45, 2.75) is 53.4 Å². The van der Waals surface area contributed by atoms with Crippen LogP contribution in [0.15, 0.2) is 0 Å². The monoisotopic (exact) mass is 226 g/mol. The summed E-state index contributed by atoms with van der Waals surface area (Å²) in [6.45, 7) is 12.4. The largest absolute Gasteiger partial charge is 0.330 e. The Kier molecular flexibility index (Phi) is 4.81. The van der Waals surface area contributed by atoms with Crippen molar-refractivity contribution in [3.63, 3.8) is 0 Å². The summed E-state index contributed by atoms with van der Waals surface area (Å²) in [6.07, 6.45) is 5.30. The molecule has 0 amide bonds. The second-order valence-corrected chi connectivity index (χ2v) is 6.92. The lowest BCUT2D eigenvalue weighted by atomic mass is 9.68. The third-order valence-corrected chi connectivity index (χ3v) is 3.91. The number of nitrogens with one attached hydrogen (secondary N) is 1. The zero-order chi connectivity index (χ0) is 12.2. The number of hydrogen-bond acceptors (Lipinski definition) is 2. The van der Waals surface area contributed by atoms with Crippen LogP contribution in [0, 0.1) is 16.7 Å². The molecule has 0 aliphatic heterocycles. The van der Waals surface area contributed by atoms with Crippen LogP contribution in [0.2, 0.25) is 0 Å². The van der Waals surface area contributed by atoms with Crippen molar-refractivity contribution >= 4 is 0 Å². The Labute approximate surface area is 101 Å². The molecule has 1 rings (SSSR count). The quantitative estimate of drug-likeness (QED) is 0.700. The minimum absolute atomic E-state index is 0.410. The first kappa shape index (κ1) is 14.0. The summed E-state index contributed by atoms with van der Waals surface area (Å²) >= 11 is 0. The van der Waals surface area contributed by atoms with E-state index in [1.807, 2.05) is 0 Å². The van der Waals surface area contributed by atoms with Crippen LogP contribution in [0.5, 0.6) is 0 Å². The fourth-order valence-corrected chi connectivity index (χ4v) is 2.97. The SMILES string of the molecule is CC(C)CC(C)(C)CNCC1(CN)CCC1. The van der Waals surface area contributed by atoms with Gasteiger partial charge in [-0.1, -0.05) is 34.1 Å². The molecule has 0 unspecified atom stereocenters. The molecule has 0 radical (unpaired) electrons. The van der Waals surface area contributed by atoms with Crippen molar-refractivity contribution < 1.29 is 0 Å². The van der Waals surface area contributed by atoms with Crippen molar-refractivity contribution in [2.24, 2.45) is 22.5 Å². The molecule has 1 aliphatic rings. The van der Waals surface area contributed by atoms with Crippen molar-refractivity contribution in [3.8, 4) is 0 Å². The molecule has 0 atom stereocenters. The fraction of sp³-hybridized carbons (Fsp3) is 1.00. The minimum atomic E-state index is 0.410. The Morgan fingerprint density at radius 2 is 1.94 bits per heavy atom. The summed E-state index contributed by atoms with van der Waals surface area (Å²) in [5.74, 6) is 0.781. The lowest BCUT2D eigenvalue weighted by molar-refractivity contribution is 0.132. The Morgan fingerprint density at radius 3 is 2.31 bits per heavy atom. The van der Waals surface area contributed by atoms with Crippen LogP contribution in [-0.2, 0) is 0 Å². The Hall–Kier alpha value is -0.0800. The summed E-state index contributed by atoms with van der Waals surface area (Å²) in [6, 6.07) is 0. The van der Waals surface area contributed by atoms with Crippen LogP contribution in [0.25, 0.3) is 0 Å². The molecule has 0 aromatic carbocycles. The van der Waals surface area contributed by atoms with Crippen LogP contribution in [-0.4, -0.2) is 19.6 Å². The van der Waals surface area contributed by atoms with E-state index in [9.17, 15) is 0 Å². The highest BCUT2D eigenvalue weighted by atomic mass is 14.9. The second-order valence-electron chi connectivity index (χ2n) is 6.92. The topological polar surface area (TPSA) is 38.0 Å². The molecule has 16 heavy (non-hydrogen) atoms. The highest BCUT2D eigenvalue weighted by Crippen LogP contribution is 2.39. The Morgan fingerprint density at radius 1 is 1.31 bits per heavy atom.